The molecular formula is C21H18FN5O5S. The maximum Gasteiger partial charge on any atom is 0.328 e. The first-order chi connectivity index (χ1) is 16.0. The number of nitrogens with zero attached hydrogens (tertiary/aromatic N) is 3. The number of anilines is 2. The lowest BCUT2D eigenvalue weighted by Gasteiger charge is -2.13. The number of thiazole rings is 1. The topological polar surface area (TPSA) is 142 Å². The fraction of sp³-hybridized carbons (Fsp3) is 0.143. The average Bonchev–Trinajstić information content (AvgIpc) is 3.43. The average molecular weight is 471 g/mol. The first kappa shape index (κ1) is 22.2. The molecule has 0 saturated carbocycles. The summed E-state index contributed by atoms with van der Waals surface area (Å²) in [5.74, 6) is -1.66. The van der Waals surface area contributed by atoms with Crippen LogP contribution in [0.5, 0.6) is 0 Å². The summed E-state index contributed by atoms with van der Waals surface area (Å²) in [5.41, 5.74) is 2.53. The predicted molar refractivity (Wildman–Crippen MR) is 120 cm³/mol. The quantitative estimate of drug-likeness (QED) is 0.131. The van der Waals surface area contributed by atoms with Crippen LogP contribution in [0, 0.1) is 5.82 Å². The van der Waals surface area contributed by atoms with E-state index in [9.17, 15) is 19.5 Å². The van der Waals surface area contributed by atoms with Crippen LogP contribution >= 0.6 is 11.3 Å². The Balaban J connectivity index is 1.53. The van der Waals surface area contributed by atoms with Gasteiger partial charge in [-0.1, -0.05) is 33.8 Å². The monoisotopic (exact) mass is 471 g/mol. The van der Waals surface area contributed by atoms with Gasteiger partial charge in [0.05, 0.1) is 16.8 Å². The molecule has 33 heavy (non-hydrogen) atoms. The molecule has 0 bridgehead atoms. The molecule has 0 aliphatic carbocycles. The third kappa shape index (κ3) is 5.07. The van der Waals surface area contributed by atoms with E-state index in [0.717, 1.165) is 10.4 Å². The van der Waals surface area contributed by atoms with E-state index in [1.807, 2.05) is 12.1 Å². The molecule has 0 aliphatic rings. The van der Waals surface area contributed by atoms with Crippen LogP contribution in [-0.2, 0) is 9.53 Å². The van der Waals surface area contributed by atoms with Gasteiger partial charge in [0.1, 0.15) is 17.6 Å². The van der Waals surface area contributed by atoms with Gasteiger partial charge in [0.15, 0.2) is 5.13 Å². The Morgan fingerprint density at radius 3 is 2.91 bits per heavy atom. The van der Waals surface area contributed by atoms with Crippen LogP contribution in [-0.4, -0.2) is 52.0 Å². The zero-order valence-electron chi connectivity index (χ0n) is 17.2. The highest BCUT2D eigenvalue weighted by Crippen LogP contribution is 2.30. The number of carboxylic acids is 1. The van der Waals surface area contributed by atoms with E-state index in [0.29, 0.717) is 21.9 Å². The highest BCUT2D eigenvalue weighted by atomic mass is 32.1. The van der Waals surface area contributed by atoms with Crippen LogP contribution in [0.15, 0.2) is 58.2 Å². The molecule has 1 atom stereocenters. The van der Waals surface area contributed by atoms with Gasteiger partial charge >= 0.3 is 5.97 Å². The molecule has 4 rings (SSSR count). The number of nitrogens with one attached hydrogen (secondary N) is 2. The Bertz CT molecular complexity index is 1320. The number of benzene rings is 2. The number of methoxy groups -OCH3 is 1. The second-order valence-corrected chi connectivity index (χ2v) is 7.88. The Kier molecular flexibility index (Phi) is 6.47. The van der Waals surface area contributed by atoms with Gasteiger partial charge in [0.2, 0.25) is 11.6 Å². The van der Waals surface area contributed by atoms with E-state index < -0.39 is 12.0 Å². The lowest BCUT2D eigenvalue weighted by molar-refractivity contribution is -0.140. The van der Waals surface area contributed by atoms with E-state index in [1.54, 1.807) is 18.2 Å². The van der Waals surface area contributed by atoms with E-state index in [2.05, 4.69) is 25.9 Å². The lowest BCUT2D eigenvalue weighted by Crippen LogP contribution is -2.44. The normalized spacial score (nSPS) is 12.6. The number of carboxylic acid groups (broad SMARTS) is 1. The van der Waals surface area contributed by atoms with Crippen molar-refractivity contribution in [2.24, 2.45) is 5.16 Å². The summed E-state index contributed by atoms with van der Waals surface area (Å²) in [6, 6.07) is 12.0. The standard InChI is InChI=1S/C21H18FN5O5S/c1-31-10-16(20(28)29)24-19(26-30)17-9-15(27-32-17)11-3-2-4-13(7-11)23-21-25-14-6-5-12(22)8-18(14)33-21/h2-9,16,30H,10H2,1H3,(H,23,25)(H,24,26)(H,28,29)/t16-/m0/s1. The molecule has 0 aliphatic heterocycles. The number of hydrogen-bond acceptors (Lipinski definition) is 9. The molecular weight excluding hydrogens is 453 g/mol. The molecule has 0 spiro atoms. The summed E-state index contributed by atoms with van der Waals surface area (Å²) in [6.07, 6.45) is 0. The third-order valence-electron chi connectivity index (χ3n) is 4.55. The van der Waals surface area contributed by atoms with Crippen LogP contribution in [0.4, 0.5) is 15.2 Å². The molecule has 2 aromatic heterocycles. The lowest BCUT2D eigenvalue weighted by atomic mass is 10.1. The second kappa shape index (κ2) is 9.63. The molecule has 4 aromatic rings. The van der Waals surface area contributed by atoms with Crippen molar-refractivity contribution >= 4 is 44.2 Å². The summed E-state index contributed by atoms with van der Waals surface area (Å²) >= 11 is 1.32. The number of carbonyl (C=O) groups is 1. The highest BCUT2D eigenvalue weighted by molar-refractivity contribution is 7.22. The molecule has 4 N–H and O–H groups in total. The first-order valence-electron chi connectivity index (χ1n) is 9.58. The number of oxime groups is 1. The number of fused-ring (bicyclic) bond motifs is 1. The Hall–Kier alpha value is -4.03. The van der Waals surface area contributed by atoms with Crippen LogP contribution in [0.2, 0.25) is 0 Å². The van der Waals surface area contributed by atoms with Crippen molar-refractivity contribution in [1.82, 2.24) is 15.5 Å². The predicted octanol–water partition coefficient (Wildman–Crippen LogP) is 3.66. The minimum atomic E-state index is -1.19. The molecule has 10 nitrogen and oxygen atoms in total. The molecule has 170 valence electrons. The van der Waals surface area contributed by atoms with Crippen molar-refractivity contribution in [3.05, 3.63) is 60.1 Å². The van der Waals surface area contributed by atoms with Crippen molar-refractivity contribution in [3.63, 3.8) is 0 Å². The molecule has 0 amide bonds. The van der Waals surface area contributed by atoms with Gasteiger partial charge in [-0.2, -0.15) is 0 Å². The van der Waals surface area contributed by atoms with E-state index in [-0.39, 0.29) is 24.0 Å². The Labute approximate surface area is 190 Å². The number of rotatable bonds is 8. The number of ether oxygens (including phenoxy) is 1. The SMILES string of the molecule is COC[C@H](N/C(=N\O)c1cc(-c2cccc(Nc3nc4ccc(F)cc4s3)c2)no1)C(=O)O. The minimum absolute atomic E-state index is 0.0430. The zero-order chi connectivity index (χ0) is 23.4. The van der Waals surface area contributed by atoms with Gasteiger partial charge in [-0.25, -0.2) is 14.2 Å². The van der Waals surface area contributed by atoms with Crippen molar-refractivity contribution < 1.29 is 28.8 Å². The second-order valence-electron chi connectivity index (χ2n) is 6.85. The van der Waals surface area contributed by atoms with Gasteiger partial charge in [-0.15, -0.1) is 0 Å². The van der Waals surface area contributed by atoms with Crippen molar-refractivity contribution in [1.29, 1.82) is 0 Å². The summed E-state index contributed by atoms with van der Waals surface area (Å²) in [6.45, 7) is -0.151. The maximum absolute atomic E-state index is 13.4. The van der Waals surface area contributed by atoms with Crippen molar-refractivity contribution in [2.45, 2.75) is 6.04 Å². The summed E-state index contributed by atoms with van der Waals surface area (Å²) < 4.78 is 24.2. The number of hydrogen-bond donors (Lipinski definition) is 4. The molecule has 2 heterocycles. The molecule has 0 unspecified atom stereocenters. The van der Waals surface area contributed by atoms with Gasteiger partial charge < -0.3 is 30.2 Å². The fourth-order valence-electron chi connectivity index (χ4n) is 3.01. The minimum Gasteiger partial charge on any atom is -0.480 e. The number of aliphatic carboxylic acids is 1. The van der Waals surface area contributed by atoms with Gasteiger partial charge in [-0.3, -0.25) is 0 Å². The molecule has 12 heteroatoms. The van der Waals surface area contributed by atoms with Crippen LogP contribution < -0.4 is 10.6 Å². The summed E-state index contributed by atoms with van der Waals surface area (Å²) in [5, 5.41) is 31.9. The van der Waals surface area contributed by atoms with E-state index in [1.165, 1.54) is 36.6 Å². The largest absolute Gasteiger partial charge is 0.480 e. The molecule has 0 saturated heterocycles. The van der Waals surface area contributed by atoms with E-state index in [4.69, 9.17) is 9.26 Å². The summed E-state index contributed by atoms with van der Waals surface area (Å²) in [7, 11) is 1.35. The Morgan fingerprint density at radius 2 is 2.15 bits per heavy atom. The molecule has 0 fully saturated rings. The van der Waals surface area contributed by atoms with Gasteiger partial charge in [-0.05, 0) is 30.3 Å². The highest BCUT2D eigenvalue weighted by Gasteiger charge is 2.22. The van der Waals surface area contributed by atoms with Crippen molar-refractivity contribution in [2.75, 3.05) is 19.0 Å². The smallest absolute Gasteiger partial charge is 0.328 e. The summed E-state index contributed by atoms with van der Waals surface area (Å²) in [4.78, 5) is 15.7. The third-order valence-corrected chi connectivity index (χ3v) is 5.48. The van der Waals surface area contributed by atoms with Crippen LogP contribution in [0.1, 0.15) is 5.76 Å². The van der Waals surface area contributed by atoms with Gasteiger partial charge in [0, 0.05) is 24.4 Å². The molecule has 2 aromatic carbocycles. The molecule has 0 radical (unpaired) electrons. The fourth-order valence-corrected chi connectivity index (χ4v) is 3.92. The van der Waals surface area contributed by atoms with Crippen LogP contribution in [0.3, 0.4) is 0 Å². The zero-order valence-corrected chi connectivity index (χ0v) is 18.0. The first-order valence-corrected chi connectivity index (χ1v) is 10.4. The number of amidine groups is 1. The van der Waals surface area contributed by atoms with Gasteiger partial charge in [0.25, 0.3) is 0 Å². The maximum atomic E-state index is 13.4. The number of aromatic nitrogens is 2. The van der Waals surface area contributed by atoms with E-state index >= 15 is 0 Å². The van der Waals surface area contributed by atoms with Crippen LogP contribution in [0.25, 0.3) is 21.5 Å². The number of halogens is 1. The Morgan fingerprint density at radius 1 is 1.30 bits per heavy atom. The van der Waals surface area contributed by atoms with Crippen molar-refractivity contribution in [3.8, 4) is 11.3 Å².